The molecule has 0 aliphatic rings. The SMILES string of the molecule is COc1cccc(/C=C(\NC(=O)c2ccccc2)C(=O)Nc2cccc(SC(C(=O)Nc3cccc(C)c3)c3ccccc3)c2)c1. The van der Waals surface area contributed by atoms with Crippen LogP contribution in [-0.2, 0) is 9.59 Å². The highest BCUT2D eigenvalue weighted by Crippen LogP contribution is 2.37. The number of hydrogen-bond acceptors (Lipinski definition) is 5. The molecule has 0 fully saturated rings. The first-order valence-electron chi connectivity index (χ1n) is 14.6. The van der Waals surface area contributed by atoms with E-state index in [4.69, 9.17) is 4.74 Å². The molecule has 230 valence electrons. The zero-order valence-corrected chi connectivity index (χ0v) is 26.2. The number of ether oxygens (including phenoxy) is 1. The van der Waals surface area contributed by atoms with Gasteiger partial charge in [0, 0.05) is 21.8 Å². The van der Waals surface area contributed by atoms with Crippen LogP contribution in [0.5, 0.6) is 5.75 Å². The minimum atomic E-state index is -0.554. The van der Waals surface area contributed by atoms with Crippen molar-refractivity contribution in [3.8, 4) is 5.75 Å². The molecular formula is C38H33N3O4S. The third kappa shape index (κ3) is 8.74. The van der Waals surface area contributed by atoms with Crippen molar-refractivity contribution in [2.24, 2.45) is 0 Å². The first kappa shape index (κ1) is 31.8. The first-order valence-corrected chi connectivity index (χ1v) is 15.5. The second-order valence-electron chi connectivity index (χ2n) is 10.4. The van der Waals surface area contributed by atoms with Crippen LogP contribution >= 0.6 is 11.8 Å². The summed E-state index contributed by atoms with van der Waals surface area (Å²) in [5, 5.41) is 8.16. The number of aryl methyl sites for hydroxylation is 1. The van der Waals surface area contributed by atoms with E-state index in [0.29, 0.717) is 22.6 Å². The Bertz CT molecular complexity index is 1860. The molecule has 0 saturated carbocycles. The van der Waals surface area contributed by atoms with E-state index >= 15 is 0 Å². The lowest BCUT2D eigenvalue weighted by molar-refractivity contribution is -0.116. The summed E-state index contributed by atoms with van der Waals surface area (Å²) in [6.45, 7) is 1.98. The Morgan fingerprint density at radius 2 is 1.39 bits per heavy atom. The summed E-state index contributed by atoms with van der Waals surface area (Å²) in [7, 11) is 1.56. The van der Waals surface area contributed by atoms with Crippen LogP contribution in [0.3, 0.4) is 0 Å². The minimum absolute atomic E-state index is 0.0554. The summed E-state index contributed by atoms with van der Waals surface area (Å²) in [5.74, 6) is -0.471. The van der Waals surface area contributed by atoms with Gasteiger partial charge in [0.25, 0.3) is 11.8 Å². The molecule has 8 heteroatoms. The van der Waals surface area contributed by atoms with Crippen LogP contribution in [0.25, 0.3) is 6.08 Å². The molecule has 1 unspecified atom stereocenters. The van der Waals surface area contributed by atoms with E-state index < -0.39 is 17.1 Å². The van der Waals surface area contributed by atoms with Gasteiger partial charge in [-0.25, -0.2) is 0 Å². The number of thioether (sulfide) groups is 1. The van der Waals surface area contributed by atoms with Crippen molar-refractivity contribution in [2.45, 2.75) is 17.1 Å². The average Bonchev–Trinajstić information content (AvgIpc) is 3.08. The molecule has 1 atom stereocenters. The number of benzene rings is 5. The van der Waals surface area contributed by atoms with Crippen molar-refractivity contribution in [3.05, 3.63) is 161 Å². The van der Waals surface area contributed by atoms with Gasteiger partial charge in [-0.3, -0.25) is 14.4 Å². The maximum absolute atomic E-state index is 13.6. The molecule has 7 nitrogen and oxygen atoms in total. The number of anilines is 2. The molecule has 0 radical (unpaired) electrons. The Hall–Kier alpha value is -5.60. The second-order valence-corrected chi connectivity index (χ2v) is 11.6. The van der Waals surface area contributed by atoms with Crippen molar-refractivity contribution >= 4 is 46.9 Å². The molecule has 3 N–H and O–H groups in total. The molecule has 5 aromatic rings. The summed E-state index contributed by atoms with van der Waals surface area (Å²) < 4.78 is 5.33. The molecule has 0 bridgehead atoms. The number of carbonyl (C=O) groups is 3. The number of nitrogens with one attached hydrogen (secondary N) is 3. The number of carbonyl (C=O) groups excluding carboxylic acids is 3. The smallest absolute Gasteiger partial charge is 0.272 e. The van der Waals surface area contributed by atoms with Crippen LogP contribution in [0.2, 0.25) is 0 Å². The van der Waals surface area contributed by atoms with Crippen molar-refractivity contribution < 1.29 is 19.1 Å². The predicted octanol–water partition coefficient (Wildman–Crippen LogP) is 7.89. The van der Waals surface area contributed by atoms with E-state index in [1.165, 1.54) is 11.8 Å². The highest BCUT2D eigenvalue weighted by molar-refractivity contribution is 8.00. The van der Waals surface area contributed by atoms with Crippen LogP contribution in [0.4, 0.5) is 11.4 Å². The monoisotopic (exact) mass is 627 g/mol. The van der Waals surface area contributed by atoms with Gasteiger partial charge in [-0.05, 0) is 84.3 Å². The summed E-state index contributed by atoms with van der Waals surface area (Å²) in [4.78, 5) is 41.0. The number of rotatable bonds is 11. The topological polar surface area (TPSA) is 96.5 Å². The van der Waals surface area contributed by atoms with Gasteiger partial charge in [-0.1, -0.05) is 78.9 Å². The summed E-state index contributed by atoms with van der Waals surface area (Å²) in [6.07, 6.45) is 1.60. The van der Waals surface area contributed by atoms with Gasteiger partial charge in [0.1, 0.15) is 16.7 Å². The van der Waals surface area contributed by atoms with E-state index in [2.05, 4.69) is 16.0 Å². The van der Waals surface area contributed by atoms with Gasteiger partial charge in [0.15, 0.2) is 0 Å². The summed E-state index contributed by atoms with van der Waals surface area (Å²) in [5.41, 5.74) is 4.27. The molecule has 5 aromatic carbocycles. The molecule has 0 aromatic heterocycles. The first-order chi connectivity index (χ1) is 22.4. The lowest BCUT2D eigenvalue weighted by atomic mass is 10.1. The van der Waals surface area contributed by atoms with E-state index in [-0.39, 0.29) is 11.6 Å². The Morgan fingerprint density at radius 3 is 2.11 bits per heavy atom. The number of hydrogen-bond donors (Lipinski definition) is 3. The van der Waals surface area contributed by atoms with Crippen molar-refractivity contribution in [3.63, 3.8) is 0 Å². The maximum Gasteiger partial charge on any atom is 0.272 e. The number of amides is 3. The third-order valence-electron chi connectivity index (χ3n) is 6.91. The number of methoxy groups -OCH3 is 1. The van der Waals surface area contributed by atoms with Crippen LogP contribution in [0.1, 0.15) is 32.3 Å². The fourth-order valence-electron chi connectivity index (χ4n) is 4.65. The minimum Gasteiger partial charge on any atom is -0.497 e. The van der Waals surface area contributed by atoms with Gasteiger partial charge in [0.2, 0.25) is 5.91 Å². The van der Waals surface area contributed by atoms with Crippen molar-refractivity contribution in [1.82, 2.24) is 5.32 Å². The van der Waals surface area contributed by atoms with Gasteiger partial charge >= 0.3 is 0 Å². The quantitative estimate of drug-likeness (QED) is 0.102. The Morgan fingerprint density at radius 1 is 0.717 bits per heavy atom. The van der Waals surface area contributed by atoms with E-state index in [1.807, 2.05) is 85.8 Å². The Balaban J connectivity index is 1.38. The Labute approximate surface area is 272 Å². The van der Waals surface area contributed by atoms with Gasteiger partial charge in [-0.15, -0.1) is 11.8 Å². The van der Waals surface area contributed by atoms with E-state index in [0.717, 1.165) is 21.7 Å². The fourth-order valence-corrected chi connectivity index (χ4v) is 5.74. The standard InChI is InChI=1S/C38H33N3O4S/c1-26-12-9-18-30(22-26)40-38(44)35(28-14-5-3-6-15-28)46-33-21-11-19-31(25-33)39-37(43)34(24-27-13-10-20-32(23-27)45-2)41-36(42)29-16-7-4-8-17-29/h3-25,35H,1-2H3,(H,39,43)(H,40,44)(H,41,42)/b34-24-. The van der Waals surface area contributed by atoms with E-state index in [9.17, 15) is 14.4 Å². The molecule has 0 aliphatic heterocycles. The highest BCUT2D eigenvalue weighted by Gasteiger charge is 2.23. The predicted molar refractivity (Wildman–Crippen MR) is 185 cm³/mol. The van der Waals surface area contributed by atoms with Crippen molar-refractivity contribution in [2.75, 3.05) is 17.7 Å². The third-order valence-corrected chi connectivity index (χ3v) is 8.15. The molecule has 0 saturated heterocycles. The summed E-state index contributed by atoms with van der Waals surface area (Å²) >= 11 is 1.38. The second kappa shape index (κ2) is 15.4. The van der Waals surface area contributed by atoms with Crippen LogP contribution in [0, 0.1) is 6.92 Å². The van der Waals surface area contributed by atoms with Crippen LogP contribution in [-0.4, -0.2) is 24.8 Å². The molecule has 0 heterocycles. The zero-order valence-electron chi connectivity index (χ0n) is 25.4. The fraction of sp³-hybridized carbons (Fsp3) is 0.0789. The maximum atomic E-state index is 13.6. The lowest BCUT2D eigenvalue weighted by Crippen LogP contribution is -2.30. The van der Waals surface area contributed by atoms with Gasteiger partial charge in [-0.2, -0.15) is 0 Å². The zero-order chi connectivity index (χ0) is 32.3. The molecule has 46 heavy (non-hydrogen) atoms. The van der Waals surface area contributed by atoms with Gasteiger partial charge in [0.05, 0.1) is 7.11 Å². The van der Waals surface area contributed by atoms with Crippen LogP contribution < -0.4 is 20.7 Å². The van der Waals surface area contributed by atoms with Gasteiger partial charge < -0.3 is 20.7 Å². The molecule has 3 amide bonds. The summed E-state index contributed by atoms with van der Waals surface area (Å²) in [6, 6.07) is 40.4. The molecule has 0 spiro atoms. The Kier molecular flexibility index (Phi) is 10.7. The average molecular weight is 628 g/mol. The van der Waals surface area contributed by atoms with Crippen LogP contribution in [0.15, 0.2) is 144 Å². The molecule has 5 rings (SSSR count). The van der Waals surface area contributed by atoms with Crippen molar-refractivity contribution in [1.29, 1.82) is 0 Å². The molecule has 0 aliphatic carbocycles. The highest BCUT2D eigenvalue weighted by atomic mass is 32.2. The molecular weight excluding hydrogens is 595 g/mol. The normalized spacial score (nSPS) is 11.7. The largest absolute Gasteiger partial charge is 0.497 e. The van der Waals surface area contributed by atoms with E-state index in [1.54, 1.807) is 67.8 Å². The lowest BCUT2D eigenvalue weighted by Gasteiger charge is -2.18.